The summed E-state index contributed by atoms with van der Waals surface area (Å²) < 4.78 is 5.84. The number of hydrogen-bond donors (Lipinski definition) is 3. The highest BCUT2D eigenvalue weighted by Gasteiger charge is 2.46. The molecule has 0 spiro atoms. The smallest absolute Gasteiger partial charge is 0.326 e. The van der Waals surface area contributed by atoms with Gasteiger partial charge in [-0.2, -0.15) is 0 Å². The van der Waals surface area contributed by atoms with Gasteiger partial charge in [0.1, 0.15) is 11.6 Å². The van der Waals surface area contributed by atoms with Crippen LogP contribution in [0.3, 0.4) is 0 Å². The number of halogens is 2. The summed E-state index contributed by atoms with van der Waals surface area (Å²) in [6, 6.07) is 13.4. The van der Waals surface area contributed by atoms with Crippen molar-refractivity contribution < 1.29 is 9.53 Å². The Bertz CT molecular complexity index is 1250. The van der Waals surface area contributed by atoms with Crippen molar-refractivity contribution in [2.75, 3.05) is 11.1 Å². The van der Waals surface area contributed by atoms with Gasteiger partial charge in [-0.25, -0.2) is 9.97 Å². The van der Waals surface area contributed by atoms with Gasteiger partial charge in [-0.15, -0.1) is 0 Å². The average molecular weight is 540 g/mol. The number of carbonyl (C=O) groups excluding carboxylic acids is 1. The van der Waals surface area contributed by atoms with Crippen LogP contribution >= 0.6 is 23.2 Å². The molecule has 4 N–H and O–H groups in total. The molecule has 9 heteroatoms. The van der Waals surface area contributed by atoms with Crippen LogP contribution in [0.2, 0.25) is 10.0 Å². The molecule has 2 aliphatic carbocycles. The number of nitrogens with two attached hydrogens (primary N) is 1. The molecular formula is C28H31Cl2N5O2. The molecule has 2 fully saturated rings. The first kappa shape index (κ1) is 25.8. The van der Waals surface area contributed by atoms with E-state index in [1.54, 1.807) is 24.4 Å². The zero-order valence-electron chi connectivity index (χ0n) is 20.6. The number of nitrogens with zero attached hydrogens (tertiary/aromatic N) is 2. The van der Waals surface area contributed by atoms with E-state index in [1.807, 2.05) is 18.2 Å². The van der Waals surface area contributed by atoms with Gasteiger partial charge >= 0.3 is 5.97 Å². The van der Waals surface area contributed by atoms with Crippen LogP contribution in [0.15, 0.2) is 48.7 Å². The van der Waals surface area contributed by atoms with Crippen LogP contribution in [0.1, 0.15) is 56.1 Å². The minimum Gasteiger partial charge on any atom is -0.461 e. The number of carbonyl (C=O) groups is 1. The van der Waals surface area contributed by atoms with Gasteiger partial charge in [0.15, 0.2) is 11.6 Å². The van der Waals surface area contributed by atoms with Crippen LogP contribution in [0.4, 0.5) is 11.6 Å². The minimum absolute atomic E-state index is 0.0796. The van der Waals surface area contributed by atoms with Gasteiger partial charge in [-0.1, -0.05) is 47.5 Å². The number of esters is 1. The first-order valence-electron chi connectivity index (χ1n) is 12.8. The van der Waals surface area contributed by atoms with Gasteiger partial charge in [0.2, 0.25) is 0 Å². The summed E-state index contributed by atoms with van der Waals surface area (Å²) in [4.78, 5) is 22.0. The van der Waals surface area contributed by atoms with E-state index in [2.05, 4.69) is 21.7 Å². The van der Waals surface area contributed by atoms with Gasteiger partial charge in [0.25, 0.3) is 0 Å². The van der Waals surface area contributed by atoms with Crippen molar-refractivity contribution in [3.8, 4) is 11.3 Å². The SMILES string of the molecule is Nc1ncc(-c2cccc(CNC3(C(=O)OC4CCCC4)CCC3)c2)nc1NCc1c(Cl)cccc1Cl. The van der Waals surface area contributed by atoms with Crippen molar-refractivity contribution in [2.45, 2.75) is 69.7 Å². The molecule has 3 aromatic rings. The van der Waals surface area contributed by atoms with Gasteiger partial charge in [0.05, 0.1) is 11.9 Å². The molecule has 1 heterocycles. The predicted octanol–water partition coefficient (Wildman–Crippen LogP) is 6.14. The van der Waals surface area contributed by atoms with Crippen molar-refractivity contribution in [3.05, 3.63) is 69.8 Å². The molecule has 2 saturated carbocycles. The molecule has 37 heavy (non-hydrogen) atoms. The van der Waals surface area contributed by atoms with E-state index < -0.39 is 5.54 Å². The summed E-state index contributed by atoms with van der Waals surface area (Å²) in [6.45, 7) is 0.927. The zero-order chi connectivity index (χ0) is 25.8. The summed E-state index contributed by atoms with van der Waals surface area (Å²) in [5.41, 5.74) is 8.92. The highest BCUT2D eigenvalue weighted by molar-refractivity contribution is 6.36. The molecule has 0 radical (unpaired) electrons. The fourth-order valence-electron chi connectivity index (χ4n) is 4.91. The monoisotopic (exact) mass is 539 g/mol. The molecule has 0 saturated heterocycles. The van der Waals surface area contributed by atoms with Crippen molar-refractivity contribution in [1.82, 2.24) is 15.3 Å². The Hall–Kier alpha value is -2.87. The maximum absolute atomic E-state index is 13.0. The Kier molecular flexibility index (Phi) is 7.84. The molecule has 7 nitrogen and oxygen atoms in total. The molecule has 194 valence electrons. The second-order valence-electron chi connectivity index (χ2n) is 9.84. The second kappa shape index (κ2) is 11.3. The lowest BCUT2D eigenvalue weighted by atomic mass is 9.76. The Balaban J connectivity index is 1.26. The predicted molar refractivity (Wildman–Crippen MR) is 147 cm³/mol. The average Bonchev–Trinajstić information content (AvgIpc) is 3.37. The first-order valence-corrected chi connectivity index (χ1v) is 13.5. The molecule has 2 aliphatic rings. The Morgan fingerprint density at radius 1 is 1.05 bits per heavy atom. The summed E-state index contributed by atoms with van der Waals surface area (Å²) >= 11 is 12.6. The topological polar surface area (TPSA) is 102 Å². The summed E-state index contributed by atoms with van der Waals surface area (Å²) in [5.74, 6) is 0.651. The summed E-state index contributed by atoms with van der Waals surface area (Å²) in [5, 5.41) is 7.85. The number of rotatable bonds is 9. The fourth-order valence-corrected chi connectivity index (χ4v) is 5.44. The number of anilines is 2. The number of nitrogens with one attached hydrogen (secondary N) is 2. The van der Waals surface area contributed by atoms with Gasteiger partial charge < -0.3 is 15.8 Å². The van der Waals surface area contributed by atoms with E-state index in [1.165, 1.54) is 0 Å². The van der Waals surface area contributed by atoms with E-state index in [4.69, 9.17) is 38.7 Å². The Morgan fingerprint density at radius 2 is 1.78 bits per heavy atom. The molecule has 0 amide bonds. The maximum atomic E-state index is 13.0. The third kappa shape index (κ3) is 5.84. The minimum atomic E-state index is -0.573. The van der Waals surface area contributed by atoms with Crippen LogP contribution in [0, 0.1) is 0 Å². The maximum Gasteiger partial charge on any atom is 0.326 e. The highest BCUT2D eigenvalue weighted by atomic mass is 35.5. The van der Waals surface area contributed by atoms with Crippen molar-refractivity contribution >= 4 is 40.8 Å². The largest absolute Gasteiger partial charge is 0.461 e. The molecule has 5 rings (SSSR count). The van der Waals surface area contributed by atoms with Crippen LogP contribution in [-0.2, 0) is 22.6 Å². The standard InChI is InChI=1S/C28H31Cl2N5O2/c29-22-10-4-11-23(30)21(22)16-33-26-25(31)32-17-24(35-26)19-7-3-6-18(14-19)15-34-28(12-5-13-28)27(36)37-20-8-1-2-9-20/h3-4,6-7,10-11,14,17,20,34H,1-2,5,8-9,12-13,15-16H2,(H2,31,32)(H,33,35). The number of aromatic nitrogens is 2. The van der Waals surface area contributed by atoms with E-state index in [0.717, 1.165) is 61.6 Å². The molecule has 1 aromatic heterocycles. The highest BCUT2D eigenvalue weighted by Crippen LogP contribution is 2.35. The lowest BCUT2D eigenvalue weighted by Gasteiger charge is -2.40. The lowest BCUT2D eigenvalue weighted by molar-refractivity contribution is -0.161. The van der Waals surface area contributed by atoms with E-state index in [9.17, 15) is 4.79 Å². The molecular weight excluding hydrogens is 509 g/mol. The number of nitrogen functional groups attached to an aromatic ring is 1. The number of ether oxygens (including phenoxy) is 1. The number of hydrogen-bond acceptors (Lipinski definition) is 7. The quantitative estimate of drug-likeness (QED) is 0.280. The second-order valence-corrected chi connectivity index (χ2v) is 10.7. The van der Waals surface area contributed by atoms with Gasteiger partial charge in [-0.05, 0) is 68.7 Å². The summed E-state index contributed by atoms with van der Waals surface area (Å²) in [7, 11) is 0. The number of benzene rings is 2. The third-order valence-electron chi connectivity index (χ3n) is 7.32. The van der Waals surface area contributed by atoms with Gasteiger partial charge in [-0.3, -0.25) is 10.1 Å². The van der Waals surface area contributed by atoms with Crippen LogP contribution in [0.5, 0.6) is 0 Å². The van der Waals surface area contributed by atoms with Crippen LogP contribution < -0.4 is 16.4 Å². The third-order valence-corrected chi connectivity index (χ3v) is 8.03. The van der Waals surface area contributed by atoms with Crippen molar-refractivity contribution in [2.24, 2.45) is 0 Å². The van der Waals surface area contributed by atoms with Crippen molar-refractivity contribution in [3.63, 3.8) is 0 Å². The summed E-state index contributed by atoms with van der Waals surface area (Å²) in [6.07, 6.45) is 8.64. The van der Waals surface area contributed by atoms with Crippen molar-refractivity contribution in [1.29, 1.82) is 0 Å². The molecule has 2 aromatic carbocycles. The molecule has 0 bridgehead atoms. The van der Waals surface area contributed by atoms with E-state index in [0.29, 0.717) is 34.6 Å². The normalized spacial score (nSPS) is 16.8. The Labute approximate surface area is 227 Å². The van der Waals surface area contributed by atoms with Gasteiger partial charge in [0, 0.05) is 34.3 Å². The molecule has 0 unspecified atom stereocenters. The van der Waals surface area contributed by atoms with Crippen LogP contribution in [-0.4, -0.2) is 27.6 Å². The Morgan fingerprint density at radius 3 is 2.49 bits per heavy atom. The lowest BCUT2D eigenvalue weighted by Crippen LogP contribution is -2.58. The van der Waals surface area contributed by atoms with E-state index in [-0.39, 0.29) is 17.9 Å². The zero-order valence-corrected chi connectivity index (χ0v) is 22.1. The van der Waals surface area contributed by atoms with Crippen LogP contribution in [0.25, 0.3) is 11.3 Å². The molecule has 0 atom stereocenters. The fraction of sp³-hybridized carbons (Fsp3) is 0.393. The van der Waals surface area contributed by atoms with E-state index >= 15 is 0 Å². The molecule has 0 aliphatic heterocycles. The first-order chi connectivity index (χ1) is 17.9.